The van der Waals surface area contributed by atoms with E-state index in [2.05, 4.69) is 20.5 Å². The van der Waals surface area contributed by atoms with Gasteiger partial charge in [0.1, 0.15) is 0 Å². The molecule has 2 aromatic rings. The monoisotopic (exact) mass is 392 g/mol. The summed E-state index contributed by atoms with van der Waals surface area (Å²) in [6.07, 6.45) is 7.37. The number of hydrogen-bond acceptors (Lipinski definition) is 6. The molecule has 3 N–H and O–H groups in total. The van der Waals surface area contributed by atoms with Crippen molar-refractivity contribution in [3.8, 4) is 0 Å². The first kappa shape index (κ1) is 21.8. The van der Waals surface area contributed by atoms with Crippen LogP contribution in [0.2, 0.25) is 0 Å². The lowest BCUT2D eigenvalue weighted by Crippen LogP contribution is -2.23. The molecule has 1 amide bonds. The molecule has 1 heterocycles. The quantitative estimate of drug-likeness (QED) is 0.249. The molecule has 0 spiro atoms. The van der Waals surface area contributed by atoms with Crippen molar-refractivity contribution in [2.75, 3.05) is 32.5 Å². The predicted molar refractivity (Wildman–Crippen MR) is 115 cm³/mol. The van der Waals surface area contributed by atoms with E-state index in [1.165, 1.54) is 6.08 Å². The number of allylic oxidation sites excluding steroid dienone is 2. The summed E-state index contributed by atoms with van der Waals surface area (Å²) < 4.78 is 0. The van der Waals surface area contributed by atoms with E-state index in [-0.39, 0.29) is 11.6 Å². The first-order chi connectivity index (χ1) is 14.0. The maximum Gasteiger partial charge on any atom is 0.255 e. The summed E-state index contributed by atoms with van der Waals surface area (Å²) in [6.45, 7) is 1.85. The van der Waals surface area contributed by atoms with Crippen molar-refractivity contribution in [2.24, 2.45) is 0 Å². The van der Waals surface area contributed by atoms with Crippen LogP contribution in [0.15, 0.2) is 66.8 Å². The number of anilines is 1. The highest BCUT2D eigenvalue weighted by Crippen LogP contribution is 2.14. The van der Waals surface area contributed by atoms with E-state index in [4.69, 9.17) is 5.41 Å². The van der Waals surface area contributed by atoms with Gasteiger partial charge in [0.2, 0.25) is 0 Å². The smallest absolute Gasteiger partial charge is 0.255 e. The van der Waals surface area contributed by atoms with Gasteiger partial charge < -0.3 is 26.0 Å². The van der Waals surface area contributed by atoms with Crippen LogP contribution in [-0.2, 0) is 0 Å². The lowest BCUT2D eigenvalue weighted by molar-refractivity contribution is -0.276. The average molecular weight is 392 g/mol. The number of rotatable bonds is 10. The molecule has 1 aromatic heterocycles. The van der Waals surface area contributed by atoms with Gasteiger partial charge >= 0.3 is 0 Å². The average Bonchev–Trinajstić information content (AvgIpc) is 2.75. The summed E-state index contributed by atoms with van der Waals surface area (Å²) in [6, 6.07) is 10.5. The Morgan fingerprint density at radius 1 is 1.14 bits per heavy atom. The fraction of sp³-hybridized carbons (Fsp3) is 0.227. The minimum absolute atomic E-state index is 0.0798. The molecule has 29 heavy (non-hydrogen) atoms. The molecule has 0 bridgehead atoms. The molecule has 0 fully saturated rings. The van der Waals surface area contributed by atoms with Crippen LogP contribution in [0.25, 0.3) is 5.57 Å². The lowest BCUT2D eigenvalue weighted by atomic mass is 10.1. The fourth-order valence-corrected chi connectivity index (χ4v) is 2.59. The van der Waals surface area contributed by atoms with Gasteiger partial charge in [0.05, 0.1) is 0 Å². The van der Waals surface area contributed by atoms with Gasteiger partial charge in [-0.15, -0.1) is 6.26 Å². The standard InChI is InChI=1S/C22H27N5O2/c1-27(2)13-3-10-25-20-6-4-18(5-7-20)22(29)26-21(16-28)14-19(15-23)17-8-11-24-12-9-17/h4-9,11-12,14-16,23,25,28H,3,10,13H2,1-2H3,(H,26,29)/p-1. The zero-order valence-corrected chi connectivity index (χ0v) is 16.7. The number of nitrogens with zero attached hydrogens (tertiary/aromatic N) is 2. The van der Waals surface area contributed by atoms with Crippen LogP contribution in [0.3, 0.4) is 0 Å². The Bertz CT molecular complexity index is 859. The van der Waals surface area contributed by atoms with Crippen LogP contribution >= 0.6 is 0 Å². The minimum atomic E-state index is -0.387. The molecule has 0 atom stereocenters. The first-order valence-electron chi connectivity index (χ1n) is 9.28. The number of hydrogen-bond donors (Lipinski definition) is 3. The second-order valence-corrected chi connectivity index (χ2v) is 6.67. The Kier molecular flexibility index (Phi) is 8.59. The number of carbonyl (C=O) groups is 1. The Morgan fingerprint density at radius 3 is 2.41 bits per heavy atom. The topological polar surface area (TPSA) is 104 Å². The molecule has 1 aromatic carbocycles. The van der Waals surface area contributed by atoms with Gasteiger partial charge in [0, 0.05) is 47.7 Å². The van der Waals surface area contributed by atoms with Crippen LogP contribution in [-0.4, -0.2) is 49.2 Å². The molecule has 0 aliphatic heterocycles. The molecule has 0 saturated carbocycles. The highest BCUT2D eigenvalue weighted by molar-refractivity contribution is 6.09. The molecule has 0 unspecified atom stereocenters. The largest absolute Gasteiger partial charge is 0.876 e. The SMILES string of the molecule is CN(C)CCCNc1ccc(C(=O)NC(=C[O-])C=C(C=N)c2ccncc2)cc1. The molecule has 0 saturated heterocycles. The Balaban J connectivity index is 1.99. The van der Waals surface area contributed by atoms with Gasteiger partial charge in [-0.05, 0) is 75.1 Å². The van der Waals surface area contributed by atoms with Gasteiger partial charge in [-0.2, -0.15) is 0 Å². The second-order valence-electron chi connectivity index (χ2n) is 6.67. The van der Waals surface area contributed by atoms with Gasteiger partial charge in [-0.3, -0.25) is 9.78 Å². The van der Waals surface area contributed by atoms with E-state index in [0.717, 1.165) is 37.0 Å². The third kappa shape index (κ3) is 7.23. The summed E-state index contributed by atoms with van der Waals surface area (Å²) in [7, 11) is 4.07. The van der Waals surface area contributed by atoms with Crippen LogP contribution in [0.5, 0.6) is 0 Å². The number of benzene rings is 1. The molecule has 0 aliphatic carbocycles. The minimum Gasteiger partial charge on any atom is -0.876 e. The number of carbonyl (C=O) groups excluding carboxylic acids is 1. The molecule has 2 rings (SSSR count). The van der Waals surface area contributed by atoms with E-state index < -0.39 is 0 Å². The number of aromatic nitrogens is 1. The third-order valence-electron chi connectivity index (χ3n) is 4.12. The van der Waals surface area contributed by atoms with Crippen LogP contribution < -0.4 is 15.7 Å². The van der Waals surface area contributed by atoms with Crippen molar-refractivity contribution in [1.29, 1.82) is 5.41 Å². The summed E-state index contributed by atoms with van der Waals surface area (Å²) in [4.78, 5) is 18.5. The van der Waals surface area contributed by atoms with E-state index in [1.807, 2.05) is 26.2 Å². The maximum absolute atomic E-state index is 12.5. The van der Waals surface area contributed by atoms with Crippen molar-refractivity contribution in [2.45, 2.75) is 6.42 Å². The highest BCUT2D eigenvalue weighted by Gasteiger charge is 2.07. The molecule has 0 radical (unpaired) electrons. The van der Waals surface area contributed by atoms with Gasteiger partial charge in [0.15, 0.2) is 0 Å². The Labute approximate surface area is 171 Å². The van der Waals surface area contributed by atoms with Crippen molar-refractivity contribution in [3.63, 3.8) is 0 Å². The summed E-state index contributed by atoms with van der Waals surface area (Å²) >= 11 is 0. The Morgan fingerprint density at radius 2 is 1.83 bits per heavy atom. The molecule has 7 nitrogen and oxygen atoms in total. The summed E-state index contributed by atoms with van der Waals surface area (Å²) in [5.74, 6) is -0.387. The molecule has 0 aliphatic rings. The third-order valence-corrected chi connectivity index (χ3v) is 4.12. The maximum atomic E-state index is 12.5. The molecular weight excluding hydrogens is 366 g/mol. The second kappa shape index (κ2) is 11.4. The molecule has 152 valence electrons. The predicted octanol–water partition coefficient (Wildman–Crippen LogP) is 2.11. The summed E-state index contributed by atoms with van der Waals surface area (Å²) in [5, 5.41) is 24.9. The number of nitrogens with one attached hydrogen (secondary N) is 3. The fourth-order valence-electron chi connectivity index (χ4n) is 2.59. The Hall–Kier alpha value is -3.45. The normalized spacial score (nSPS) is 12.0. The molecule has 7 heteroatoms. The van der Waals surface area contributed by atoms with Crippen molar-refractivity contribution < 1.29 is 9.90 Å². The van der Waals surface area contributed by atoms with Crippen molar-refractivity contribution in [1.82, 2.24) is 15.2 Å². The van der Waals surface area contributed by atoms with E-state index in [0.29, 0.717) is 17.4 Å². The van der Waals surface area contributed by atoms with E-state index in [1.54, 1.807) is 36.7 Å². The number of pyridine rings is 1. The van der Waals surface area contributed by atoms with E-state index >= 15 is 0 Å². The van der Waals surface area contributed by atoms with Gasteiger partial charge in [-0.25, -0.2) is 0 Å². The lowest BCUT2D eigenvalue weighted by Gasteiger charge is -2.12. The van der Waals surface area contributed by atoms with Crippen LogP contribution in [0.4, 0.5) is 5.69 Å². The van der Waals surface area contributed by atoms with E-state index in [9.17, 15) is 9.90 Å². The summed E-state index contributed by atoms with van der Waals surface area (Å²) in [5.41, 5.74) is 2.68. The number of amides is 1. The van der Waals surface area contributed by atoms with Gasteiger partial charge in [-0.1, -0.05) is 0 Å². The van der Waals surface area contributed by atoms with Crippen LogP contribution in [0.1, 0.15) is 22.3 Å². The highest BCUT2D eigenvalue weighted by atomic mass is 16.2. The van der Waals surface area contributed by atoms with Crippen LogP contribution in [0, 0.1) is 5.41 Å². The molecular formula is C22H26N5O2-. The first-order valence-corrected chi connectivity index (χ1v) is 9.28. The van der Waals surface area contributed by atoms with Gasteiger partial charge in [0.25, 0.3) is 5.91 Å². The zero-order valence-electron chi connectivity index (χ0n) is 16.7. The van der Waals surface area contributed by atoms with Crippen molar-refractivity contribution >= 4 is 23.4 Å². The van der Waals surface area contributed by atoms with Crippen molar-refractivity contribution in [3.05, 3.63) is 78.0 Å². The zero-order chi connectivity index (χ0) is 21.1.